The molecule has 2 rings (SSSR count). The first-order chi connectivity index (χ1) is 10.8. The Morgan fingerprint density at radius 3 is 2.00 bits per heavy atom. The van der Waals surface area contributed by atoms with Crippen molar-refractivity contribution in [2.45, 2.75) is 46.1 Å². The number of hydrogen-bond acceptors (Lipinski definition) is 2. The number of rotatable bonds is 4. The van der Waals surface area contributed by atoms with E-state index in [-0.39, 0.29) is 17.4 Å². The normalized spacial score (nSPS) is 11.4. The van der Waals surface area contributed by atoms with Crippen molar-refractivity contribution in [2.24, 2.45) is 0 Å². The van der Waals surface area contributed by atoms with E-state index in [0.717, 1.165) is 11.4 Å². The van der Waals surface area contributed by atoms with Gasteiger partial charge in [0.05, 0.1) is 6.10 Å². The fourth-order valence-electron chi connectivity index (χ4n) is 2.21. The maximum absolute atomic E-state index is 12.3. The van der Waals surface area contributed by atoms with Gasteiger partial charge in [-0.25, -0.2) is 0 Å². The Hall–Kier alpha value is -2.29. The van der Waals surface area contributed by atoms with Gasteiger partial charge in [-0.15, -0.1) is 0 Å². The zero-order valence-electron chi connectivity index (χ0n) is 14.5. The molecule has 0 aliphatic carbocycles. The van der Waals surface area contributed by atoms with Crippen LogP contribution in [0.3, 0.4) is 0 Å². The lowest BCUT2D eigenvalue weighted by molar-refractivity contribution is 0.102. The third-order valence-corrected chi connectivity index (χ3v) is 3.50. The molecule has 3 heteroatoms. The van der Waals surface area contributed by atoms with Crippen molar-refractivity contribution in [2.75, 3.05) is 5.32 Å². The van der Waals surface area contributed by atoms with E-state index >= 15 is 0 Å². The fraction of sp³-hybridized carbons (Fsp3) is 0.350. The number of nitrogens with one attached hydrogen (secondary N) is 1. The summed E-state index contributed by atoms with van der Waals surface area (Å²) in [4.78, 5) is 12.3. The summed E-state index contributed by atoms with van der Waals surface area (Å²) in [6.07, 6.45) is 0.121. The Kier molecular flexibility index (Phi) is 5.09. The lowest BCUT2D eigenvalue weighted by Gasteiger charge is -2.19. The van der Waals surface area contributed by atoms with Crippen LogP contribution in [0.1, 0.15) is 50.5 Å². The fourth-order valence-corrected chi connectivity index (χ4v) is 2.21. The number of amides is 1. The van der Waals surface area contributed by atoms with E-state index in [4.69, 9.17) is 4.74 Å². The Bertz CT molecular complexity index is 650. The summed E-state index contributed by atoms with van der Waals surface area (Å²) in [6, 6.07) is 15.2. The maximum atomic E-state index is 12.3. The summed E-state index contributed by atoms with van der Waals surface area (Å²) in [5.74, 6) is 0.649. The SMILES string of the molecule is CC(C)Oc1ccc(C(=O)Nc2ccc(C(C)(C)C)cc2)cc1. The van der Waals surface area contributed by atoms with Crippen LogP contribution >= 0.6 is 0 Å². The van der Waals surface area contributed by atoms with Crippen LogP contribution < -0.4 is 10.1 Å². The third kappa shape index (κ3) is 4.85. The monoisotopic (exact) mass is 311 g/mol. The largest absolute Gasteiger partial charge is 0.491 e. The van der Waals surface area contributed by atoms with E-state index in [2.05, 4.69) is 38.2 Å². The highest BCUT2D eigenvalue weighted by molar-refractivity contribution is 6.04. The Labute approximate surface area is 138 Å². The minimum absolute atomic E-state index is 0.106. The molecule has 122 valence electrons. The molecule has 0 bridgehead atoms. The summed E-state index contributed by atoms with van der Waals surface area (Å²) < 4.78 is 5.58. The molecule has 23 heavy (non-hydrogen) atoms. The van der Waals surface area contributed by atoms with E-state index in [1.54, 1.807) is 12.1 Å². The van der Waals surface area contributed by atoms with Crippen molar-refractivity contribution in [3.63, 3.8) is 0 Å². The minimum atomic E-state index is -0.121. The number of anilines is 1. The molecular weight excluding hydrogens is 286 g/mol. The van der Waals surface area contributed by atoms with Gasteiger partial charge < -0.3 is 10.1 Å². The van der Waals surface area contributed by atoms with Crippen molar-refractivity contribution >= 4 is 11.6 Å². The second kappa shape index (κ2) is 6.86. The molecule has 0 unspecified atom stereocenters. The highest BCUT2D eigenvalue weighted by Gasteiger charge is 2.13. The summed E-state index contributed by atoms with van der Waals surface area (Å²) in [5, 5.41) is 2.92. The first-order valence-electron chi connectivity index (χ1n) is 7.94. The van der Waals surface area contributed by atoms with Gasteiger partial charge in [-0.1, -0.05) is 32.9 Å². The molecule has 0 saturated carbocycles. The average molecular weight is 311 g/mol. The van der Waals surface area contributed by atoms with E-state index in [1.165, 1.54) is 5.56 Å². The van der Waals surface area contributed by atoms with E-state index in [9.17, 15) is 4.79 Å². The van der Waals surface area contributed by atoms with Crippen molar-refractivity contribution in [3.8, 4) is 5.75 Å². The Morgan fingerprint density at radius 2 is 1.52 bits per heavy atom. The molecule has 0 spiro atoms. The predicted molar refractivity (Wildman–Crippen MR) is 95.3 cm³/mol. The molecular formula is C20H25NO2. The van der Waals surface area contributed by atoms with E-state index < -0.39 is 0 Å². The standard InChI is InChI=1S/C20H25NO2/c1-14(2)23-18-12-6-15(7-13-18)19(22)21-17-10-8-16(9-11-17)20(3,4)5/h6-14H,1-5H3,(H,21,22). The lowest BCUT2D eigenvalue weighted by Crippen LogP contribution is -2.13. The molecule has 0 atom stereocenters. The van der Waals surface area contributed by atoms with Gasteiger partial charge in [0.15, 0.2) is 0 Å². The number of hydrogen-bond donors (Lipinski definition) is 1. The molecule has 1 amide bonds. The molecule has 0 heterocycles. The molecule has 0 aliphatic rings. The molecule has 2 aromatic rings. The molecule has 0 aliphatic heterocycles. The lowest BCUT2D eigenvalue weighted by atomic mass is 9.87. The maximum Gasteiger partial charge on any atom is 0.255 e. The first-order valence-corrected chi connectivity index (χ1v) is 7.94. The quantitative estimate of drug-likeness (QED) is 0.860. The van der Waals surface area contributed by atoms with E-state index in [1.807, 2.05) is 38.1 Å². The zero-order valence-corrected chi connectivity index (χ0v) is 14.5. The van der Waals surface area contributed by atoms with Gasteiger partial charge in [-0.2, -0.15) is 0 Å². The smallest absolute Gasteiger partial charge is 0.255 e. The van der Waals surface area contributed by atoms with Crippen LogP contribution in [-0.2, 0) is 5.41 Å². The van der Waals surface area contributed by atoms with Crippen LogP contribution in [-0.4, -0.2) is 12.0 Å². The summed E-state index contributed by atoms with van der Waals surface area (Å²) in [7, 11) is 0. The van der Waals surface area contributed by atoms with Crippen molar-refractivity contribution in [3.05, 3.63) is 59.7 Å². The number of carbonyl (C=O) groups is 1. The van der Waals surface area contributed by atoms with E-state index in [0.29, 0.717) is 5.56 Å². The van der Waals surface area contributed by atoms with Gasteiger partial charge in [0, 0.05) is 11.3 Å². The molecule has 1 N–H and O–H groups in total. The highest BCUT2D eigenvalue weighted by atomic mass is 16.5. The topological polar surface area (TPSA) is 38.3 Å². The zero-order chi connectivity index (χ0) is 17.0. The number of ether oxygens (including phenoxy) is 1. The van der Waals surface area contributed by atoms with Crippen LogP contribution in [0.4, 0.5) is 5.69 Å². The van der Waals surface area contributed by atoms with Gasteiger partial charge in [0.25, 0.3) is 5.91 Å². The van der Waals surface area contributed by atoms with Crippen LogP contribution in [0.15, 0.2) is 48.5 Å². The van der Waals surface area contributed by atoms with Crippen LogP contribution in [0, 0.1) is 0 Å². The second-order valence-corrected chi connectivity index (χ2v) is 6.97. The van der Waals surface area contributed by atoms with Gasteiger partial charge in [0.2, 0.25) is 0 Å². The van der Waals surface area contributed by atoms with Gasteiger partial charge in [-0.05, 0) is 61.2 Å². The number of carbonyl (C=O) groups excluding carboxylic acids is 1. The highest BCUT2D eigenvalue weighted by Crippen LogP contribution is 2.23. The Balaban J connectivity index is 2.04. The van der Waals surface area contributed by atoms with Gasteiger partial charge in [-0.3, -0.25) is 4.79 Å². The predicted octanol–water partition coefficient (Wildman–Crippen LogP) is 5.02. The molecule has 2 aromatic carbocycles. The van der Waals surface area contributed by atoms with Gasteiger partial charge >= 0.3 is 0 Å². The second-order valence-electron chi connectivity index (χ2n) is 6.97. The molecule has 0 aromatic heterocycles. The average Bonchev–Trinajstić information content (AvgIpc) is 2.47. The van der Waals surface area contributed by atoms with Crippen LogP contribution in [0.5, 0.6) is 5.75 Å². The van der Waals surface area contributed by atoms with Gasteiger partial charge in [0.1, 0.15) is 5.75 Å². The van der Waals surface area contributed by atoms with Crippen molar-refractivity contribution < 1.29 is 9.53 Å². The first kappa shape index (κ1) is 17.1. The summed E-state index contributed by atoms with van der Waals surface area (Å²) in [5.41, 5.74) is 2.76. The molecule has 3 nitrogen and oxygen atoms in total. The summed E-state index contributed by atoms with van der Waals surface area (Å²) in [6.45, 7) is 10.5. The van der Waals surface area contributed by atoms with Crippen LogP contribution in [0.25, 0.3) is 0 Å². The third-order valence-electron chi connectivity index (χ3n) is 3.50. The molecule has 0 radical (unpaired) electrons. The van der Waals surface area contributed by atoms with Crippen molar-refractivity contribution in [1.29, 1.82) is 0 Å². The Morgan fingerprint density at radius 1 is 0.957 bits per heavy atom. The van der Waals surface area contributed by atoms with Crippen molar-refractivity contribution in [1.82, 2.24) is 0 Å². The molecule has 0 saturated heterocycles. The minimum Gasteiger partial charge on any atom is -0.491 e. The van der Waals surface area contributed by atoms with Crippen LogP contribution in [0.2, 0.25) is 0 Å². The summed E-state index contributed by atoms with van der Waals surface area (Å²) >= 11 is 0. The molecule has 0 fully saturated rings. The number of benzene rings is 2.